The summed E-state index contributed by atoms with van der Waals surface area (Å²) in [7, 11) is 0. The molecule has 0 saturated heterocycles. The maximum Gasteiger partial charge on any atom is 0.216 e. The summed E-state index contributed by atoms with van der Waals surface area (Å²) in [5.41, 5.74) is 6.13. The zero-order valence-corrected chi connectivity index (χ0v) is 10.3. The summed E-state index contributed by atoms with van der Waals surface area (Å²) in [6.07, 6.45) is 0. The molecule has 0 saturated carbocycles. The van der Waals surface area contributed by atoms with Crippen molar-refractivity contribution in [3.63, 3.8) is 0 Å². The van der Waals surface area contributed by atoms with Crippen molar-refractivity contribution in [1.29, 1.82) is 0 Å². The molecule has 0 aliphatic heterocycles. The summed E-state index contributed by atoms with van der Waals surface area (Å²) < 4.78 is 10.7. The van der Waals surface area contributed by atoms with E-state index < -0.39 is 0 Å². The van der Waals surface area contributed by atoms with E-state index in [4.69, 9.17) is 26.8 Å². The molecule has 0 spiro atoms. The normalized spacial score (nSPS) is 10.8. The molecule has 1 rings (SSSR count). The molecule has 1 aromatic rings. The van der Waals surface area contributed by atoms with Crippen LogP contribution in [0.4, 0.5) is 5.69 Å². The minimum atomic E-state index is 0.332. The third-order valence-electron chi connectivity index (χ3n) is 1.72. The van der Waals surface area contributed by atoms with Crippen molar-refractivity contribution < 1.29 is 9.47 Å². The average Bonchev–Trinajstić information content (AvgIpc) is 2.15. The highest BCUT2D eigenvalue weighted by atomic mass is 35.5. The maximum absolute atomic E-state index is 5.73. The van der Waals surface area contributed by atoms with Gasteiger partial charge in [-0.05, 0) is 12.0 Å². The van der Waals surface area contributed by atoms with Crippen LogP contribution in [0.15, 0.2) is 12.1 Å². The van der Waals surface area contributed by atoms with Crippen LogP contribution in [0.3, 0.4) is 0 Å². The van der Waals surface area contributed by atoms with Gasteiger partial charge in [-0.2, -0.15) is 0 Å². The number of rotatable bonds is 6. The standard InChI is InChI=1S/C11H17ClN2O2/c1-8(2)7-15-3-4-16-11-6-9(13)5-10(12)14-11/h5-6,8H,3-4,7H2,1-2H3,(H2,13,14). The van der Waals surface area contributed by atoms with Gasteiger partial charge in [-0.1, -0.05) is 25.4 Å². The van der Waals surface area contributed by atoms with E-state index in [9.17, 15) is 0 Å². The van der Waals surface area contributed by atoms with Crippen molar-refractivity contribution in [3.8, 4) is 5.88 Å². The largest absolute Gasteiger partial charge is 0.475 e. The van der Waals surface area contributed by atoms with Crippen LogP contribution in [0.1, 0.15) is 13.8 Å². The molecule has 5 heteroatoms. The maximum atomic E-state index is 5.73. The third kappa shape index (κ3) is 5.19. The first kappa shape index (κ1) is 13.1. The Morgan fingerprint density at radius 1 is 1.38 bits per heavy atom. The molecule has 90 valence electrons. The van der Waals surface area contributed by atoms with Crippen LogP contribution in [-0.4, -0.2) is 24.8 Å². The molecule has 0 aliphatic rings. The van der Waals surface area contributed by atoms with E-state index in [1.54, 1.807) is 12.1 Å². The highest BCUT2D eigenvalue weighted by molar-refractivity contribution is 6.29. The summed E-state index contributed by atoms with van der Waals surface area (Å²) in [6, 6.07) is 3.21. The predicted octanol–water partition coefficient (Wildman–Crippen LogP) is 2.37. The Morgan fingerprint density at radius 2 is 2.12 bits per heavy atom. The van der Waals surface area contributed by atoms with E-state index in [1.807, 2.05) is 0 Å². The fourth-order valence-electron chi connectivity index (χ4n) is 1.09. The van der Waals surface area contributed by atoms with Gasteiger partial charge in [0.2, 0.25) is 5.88 Å². The molecule has 2 N–H and O–H groups in total. The molecular formula is C11H17ClN2O2. The van der Waals surface area contributed by atoms with E-state index in [1.165, 1.54) is 0 Å². The number of ether oxygens (including phenoxy) is 2. The average molecular weight is 245 g/mol. The summed E-state index contributed by atoms with van der Waals surface area (Å²) >= 11 is 5.73. The Kier molecular flexibility index (Phi) is 5.35. The molecule has 0 amide bonds. The number of nitrogen functional groups attached to an aromatic ring is 1. The van der Waals surface area contributed by atoms with Crippen LogP contribution in [-0.2, 0) is 4.74 Å². The summed E-state index contributed by atoms with van der Waals surface area (Å²) in [5, 5.41) is 0.332. The molecule has 0 aromatic carbocycles. The monoisotopic (exact) mass is 244 g/mol. The highest BCUT2D eigenvalue weighted by Gasteiger charge is 2.00. The number of halogens is 1. The van der Waals surface area contributed by atoms with E-state index in [0.29, 0.717) is 35.9 Å². The molecule has 0 fully saturated rings. The highest BCUT2D eigenvalue weighted by Crippen LogP contribution is 2.17. The molecule has 0 bridgehead atoms. The number of hydrogen-bond donors (Lipinski definition) is 1. The minimum absolute atomic E-state index is 0.332. The minimum Gasteiger partial charge on any atom is -0.475 e. The van der Waals surface area contributed by atoms with Crippen LogP contribution < -0.4 is 10.5 Å². The first-order valence-electron chi connectivity index (χ1n) is 5.21. The quantitative estimate of drug-likeness (QED) is 0.617. The van der Waals surface area contributed by atoms with Crippen molar-refractivity contribution in [2.45, 2.75) is 13.8 Å². The molecule has 0 atom stereocenters. The van der Waals surface area contributed by atoms with Gasteiger partial charge in [-0.3, -0.25) is 0 Å². The van der Waals surface area contributed by atoms with E-state index in [2.05, 4.69) is 18.8 Å². The van der Waals surface area contributed by atoms with Gasteiger partial charge in [0.15, 0.2) is 0 Å². The van der Waals surface area contributed by atoms with Crippen LogP contribution >= 0.6 is 11.6 Å². The van der Waals surface area contributed by atoms with Gasteiger partial charge in [0, 0.05) is 18.4 Å². The van der Waals surface area contributed by atoms with Gasteiger partial charge in [0.05, 0.1) is 6.61 Å². The summed E-state index contributed by atoms with van der Waals surface area (Å²) in [5.74, 6) is 0.957. The van der Waals surface area contributed by atoms with Crippen molar-refractivity contribution in [3.05, 3.63) is 17.3 Å². The molecular weight excluding hydrogens is 228 g/mol. The summed E-state index contributed by atoms with van der Waals surface area (Å²) in [4.78, 5) is 3.97. The van der Waals surface area contributed by atoms with Gasteiger partial charge < -0.3 is 15.2 Å². The van der Waals surface area contributed by atoms with Crippen LogP contribution in [0.5, 0.6) is 5.88 Å². The second-order valence-electron chi connectivity index (χ2n) is 3.88. The van der Waals surface area contributed by atoms with Crippen molar-refractivity contribution in [1.82, 2.24) is 4.98 Å². The third-order valence-corrected chi connectivity index (χ3v) is 1.92. The van der Waals surface area contributed by atoms with Gasteiger partial charge in [-0.15, -0.1) is 0 Å². The lowest BCUT2D eigenvalue weighted by Gasteiger charge is -2.08. The molecule has 1 heterocycles. The second kappa shape index (κ2) is 6.55. The first-order chi connectivity index (χ1) is 7.58. The molecule has 0 aliphatic carbocycles. The molecule has 16 heavy (non-hydrogen) atoms. The fraction of sp³-hybridized carbons (Fsp3) is 0.545. The topological polar surface area (TPSA) is 57.4 Å². The number of pyridine rings is 1. The number of anilines is 1. The van der Waals surface area contributed by atoms with Crippen LogP contribution in [0.25, 0.3) is 0 Å². The Morgan fingerprint density at radius 3 is 2.75 bits per heavy atom. The van der Waals surface area contributed by atoms with Crippen LogP contribution in [0.2, 0.25) is 5.15 Å². The predicted molar refractivity (Wildman–Crippen MR) is 64.8 cm³/mol. The number of hydrogen-bond acceptors (Lipinski definition) is 4. The van der Waals surface area contributed by atoms with Crippen LogP contribution in [0, 0.1) is 5.92 Å². The van der Waals surface area contributed by atoms with Crippen molar-refractivity contribution in [2.75, 3.05) is 25.6 Å². The van der Waals surface area contributed by atoms with Crippen molar-refractivity contribution in [2.24, 2.45) is 5.92 Å². The first-order valence-corrected chi connectivity index (χ1v) is 5.59. The van der Waals surface area contributed by atoms with E-state index in [0.717, 1.165) is 6.61 Å². The Hall–Kier alpha value is -1.00. The van der Waals surface area contributed by atoms with E-state index in [-0.39, 0.29) is 0 Å². The zero-order valence-electron chi connectivity index (χ0n) is 9.57. The fourth-order valence-corrected chi connectivity index (χ4v) is 1.30. The molecule has 4 nitrogen and oxygen atoms in total. The summed E-state index contributed by atoms with van der Waals surface area (Å²) in [6.45, 7) is 5.90. The van der Waals surface area contributed by atoms with Gasteiger partial charge >= 0.3 is 0 Å². The lowest BCUT2D eigenvalue weighted by atomic mass is 10.2. The second-order valence-corrected chi connectivity index (χ2v) is 4.27. The van der Waals surface area contributed by atoms with E-state index >= 15 is 0 Å². The van der Waals surface area contributed by atoms with Gasteiger partial charge in [0.1, 0.15) is 11.8 Å². The van der Waals surface area contributed by atoms with Gasteiger partial charge in [0.25, 0.3) is 0 Å². The Labute approximate surface area is 101 Å². The van der Waals surface area contributed by atoms with Gasteiger partial charge in [-0.25, -0.2) is 4.98 Å². The number of nitrogens with zero attached hydrogens (tertiary/aromatic N) is 1. The molecule has 0 unspecified atom stereocenters. The Balaban J connectivity index is 2.26. The smallest absolute Gasteiger partial charge is 0.216 e. The zero-order chi connectivity index (χ0) is 12.0. The lowest BCUT2D eigenvalue weighted by Crippen LogP contribution is -2.10. The lowest BCUT2D eigenvalue weighted by molar-refractivity contribution is 0.0806. The number of aromatic nitrogens is 1. The SMILES string of the molecule is CC(C)COCCOc1cc(N)cc(Cl)n1. The molecule has 0 radical (unpaired) electrons. The molecule has 1 aromatic heterocycles. The number of nitrogens with two attached hydrogens (primary N) is 1. The van der Waals surface area contributed by atoms with Crippen molar-refractivity contribution >= 4 is 17.3 Å². The Bertz CT molecular complexity index is 312.